The van der Waals surface area contributed by atoms with Crippen molar-refractivity contribution in [2.75, 3.05) is 31.8 Å². The standard InChI is InChI=1S/C11H21N3O4S/c1-19-5-2-8(14-10(12)16)9(15)13-6-11(17)3-4-18-7-11/h8,17H,2-7H2,1H3,(H,13,15)(H3,12,14,16). The van der Waals surface area contributed by atoms with Crippen LogP contribution in [0.3, 0.4) is 0 Å². The number of thioether (sulfide) groups is 1. The highest BCUT2D eigenvalue weighted by Gasteiger charge is 2.33. The lowest BCUT2D eigenvalue weighted by Crippen LogP contribution is -2.52. The molecule has 2 unspecified atom stereocenters. The number of carbonyl (C=O) groups excluding carboxylic acids is 2. The Morgan fingerprint density at radius 3 is 2.84 bits per heavy atom. The molecule has 0 radical (unpaired) electrons. The third-order valence-corrected chi connectivity index (χ3v) is 3.56. The van der Waals surface area contributed by atoms with E-state index in [-0.39, 0.29) is 19.1 Å². The van der Waals surface area contributed by atoms with E-state index in [0.29, 0.717) is 19.4 Å². The van der Waals surface area contributed by atoms with Gasteiger partial charge in [0.25, 0.3) is 0 Å². The summed E-state index contributed by atoms with van der Waals surface area (Å²) >= 11 is 1.58. The number of nitrogens with two attached hydrogens (primary N) is 1. The van der Waals surface area contributed by atoms with Gasteiger partial charge in [-0.1, -0.05) is 0 Å². The van der Waals surface area contributed by atoms with Gasteiger partial charge in [-0.25, -0.2) is 4.79 Å². The zero-order valence-electron chi connectivity index (χ0n) is 11.0. The monoisotopic (exact) mass is 291 g/mol. The third kappa shape index (κ3) is 5.66. The van der Waals surface area contributed by atoms with E-state index in [1.165, 1.54) is 0 Å². The first-order chi connectivity index (χ1) is 8.97. The van der Waals surface area contributed by atoms with E-state index in [4.69, 9.17) is 10.5 Å². The van der Waals surface area contributed by atoms with Crippen LogP contribution >= 0.6 is 11.8 Å². The summed E-state index contributed by atoms with van der Waals surface area (Å²) in [5.74, 6) is 0.388. The van der Waals surface area contributed by atoms with Gasteiger partial charge >= 0.3 is 6.03 Å². The average molecular weight is 291 g/mol. The fourth-order valence-corrected chi connectivity index (χ4v) is 2.26. The quantitative estimate of drug-likeness (QED) is 0.483. The molecule has 1 fully saturated rings. The number of nitrogens with one attached hydrogen (secondary N) is 2. The lowest BCUT2D eigenvalue weighted by molar-refractivity contribution is -0.124. The molecule has 0 bridgehead atoms. The Balaban J connectivity index is 2.43. The molecule has 1 aliphatic rings. The van der Waals surface area contributed by atoms with Crippen LogP contribution in [0.5, 0.6) is 0 Å². The normalized spacial score (nSPS) is 23.9. The molecule has 5 N–H and O–H groups in total. The topological polar surface area (TPSA) is 114 Å². The molecule has 1 rings (SSSR count). The zero-order valence-corrected chi connectivity index (χ0v) is 11.8. The summed E-state index contributed by atoms with van der Waals surface area (Å²) in [6.07, 6.45) is 2.90. The highest BCUT2D eigenvalue weighted by Crippen LogP contribution is 2.16. The van der Waals surface area contributed by atoms with Crippen LogP contribution in [0.1, 0.15) is 12.8 Å². The molecule has 1 heterocycles. The van der Waals surface area contributed by atoms with E-state index < -0.39 is 17.7 Å². The number of hydrogen-bond acceptors (Lipinski definition) is 5. The minimum Gasteiger partial charge on any atom is -0.386 e. The fourth-order valence-electron chi connectivity index (χ4n) is 1.79. The van der Waals surface area contributed by atoms with E-state index in [9.17, 15) is 14.7 Å². The van der Waals surface area contributed by atoms with E-state index in [0.717, 1.165) is 5.75 Å². The summed E-state index contributed by atoms with van der Waals surface area (Å²) in [7, 11) is 0. The average Bonchev–Trinajstić information content (AvgIpc) is 2.78. The van der Waals surface area contributed by atoms with E-state index in [1.54, 1.807) is 11.8 Å². The van der Waals surface area contributed by atoms with Gasteiger partial charge < -0.3 is 26.2 Å². The maximum absolute atomic E-state index is 11.9. The Bertz CT molecular complexity index is 321. The molecule has 0 saturated carbocycles. The van der Waals surface area contributed by atoms with Crippen molar-refractivity contribution in [3.05, 3.63) is 0 Å². The second kappa shape index (κ2) is 7.56. The number of hydrogen-bond donors (Lipinski definition) is 4. The fraction of sp³-hybridized carbons (Fsp3) is 0.818. The molecule has 1 saturated heterocycles. The van der Waals surface area contributed by atoms with Crippen molar-refractivity contribution in [3.8, 4) is 0 Å². The van der Waals surface area contributed by atoms with Gasteiger partial charge in [0.2, 0.25) is 5.91 Å². The van der Waals surface area contributed by atoms with Crippen molar-refractivity contribution in [1.29, 1.82) is 0 Å². The highest BCUT2D eigenvalue weighted by atomic mass is 32.2. The Hall–Kier alpha value is -0.990. The molecule has 7 nitrogen and oxygen atoms in total. The number of ether oxygens (including phenoxy) is 1. The van der Waals surface area contributed by atoms with Gasteiger partial charge in [0.05, 0.1) is 6.61 Å². The summed E-state index contributed by atoms with van der Waals surface area (Å²) in [6, 6.07) is -1.40. The first kappa shape index (κ1) is 16.1. The molecular weight excluding hydrogens is 270 g/mol. The zero-order chi connectivity index (χ0) is 14.3. The van der Waals surface area contributed by atoms with Crippen molar-refractivity contribution in [1.82, 2.24) is 10.6 Å². The Morgan fingerprint density at radius 2 is 2.32 bits per heavy atom. The predicted octanol–water partition coefficient (Wildman–Crippen LogP) is -0.956. The van der Waals surface area contributed by atoms with Gasteiger partial charge in [0.1, 0.15) is 11.6 Å². The Kier molecular flexibility index (Phi) is 6.40. The third-order valence-electron chi connectivity index (χ3n) is 2.92. The molecular formula is C11H21N3O4S. The maximum Gasteiger partial charge on any atom is 0.312 e. The summed E-state index contributed by atoms with van der Waals surface area (Å²) in [6.45, 7) is 0.815. The van der Waals surface area contributed by atoms with Crippen LogP contribution in [0.4, 0.5) is 4.79 Å². The van der Waals surface area contributed by atoms with Crippen molar-refractivity contribution < 1.29 is 19.4 Å². The van der Waals surface area contributed by atoms with Crippen molar-refractivity contribution in [2.24, 2.45) is 5.73 Å². The lowest BCUT2D eigenvalue weighted by Gasteiger charge is -2.23. The highest BCUT2D eigenvalue weighted by molar-refractivity contribution is 7.98. The minimum atomic E-state index is -1.01. The smallest absolute Gasteiger partial charge is 0.312 e. The van der Waals surface area contributed by atoms with Gasteiger partial charge in [-0.05, 0) is 18.4 Å². The second-order valence-corrected chi connectivity index (χ2v) is 5.57. The van der Waals surface area contributed by atoms with Crippen molar-refractivity contribution in [3.63, 3.8) is 0 Å². The van der Waals surface area contributed by atoms with Crippen LogP contribution in [-0.2, 0) is 9.53 Å². The van der Waals surface area contributed by atoms with Crippen LogP contribution in [0.2, 0.25) is 0 Å². The summed E-state index contributed by atoms with van der Waals surface area (Å²) in [5, 5.41) is 15.1. The van der Waals surface area contributed by atoms with Crippen LogP contribution in [0.25, 0.3) is 0 Å². The molecule has 19 heavy (non-hydrogen) atoms. The van der Waals surface area contributed by atoms with Gasteiger partial charge in [-0.3, -0.25) is 4.79 Å². The number of urea groups is 1. The molecule has 0 aromatic carbocycles. The number of aliphatic hydroxyl groups is 1. The SMILES string of the molecule is CSCCC(NC(N)=O)C(=O)NCC1(O)CCOC1. The number of amides is 3. The van der Waals surface area contributed by atoms with Crippen molar-refractivity contribution >= 4 is 23.7 Å². The molecule has 0 aliphatic carbocycles. The summed E-state index contributed by atoms with van der Waals surface area (Å²) in [5.41, 5.74) is 4.03. The van der Waals surface area contributed by atoms with E-state index >= 15 is 0 Å². The minimum absolute atomic E-state index is 0.113. The first-order valence-corrected chi connectivity index (χ1v) is 7.49. The van der Waals surface area contributed by atoms with Crippen LogP contribution < -0.4 is 16.4 Å². The Labute approximate surface area is 116 Å². The van der Waals surface area contributed by atoms with E-state index in [2.05, 4.69) is 10.6 Å². The van der Waals surface area contributed by atoms with E-state index in [1.807, 2.05) is 6.26 Å². The maximum atomic E-state index is 11.9. The van der Waals surface area contributed by atoms with Gasteiger partial charge in [-0.15, -0.1) is 0 Å². The first-order valence-electron chi connectivity index (χ1n) is 6.09. The predicted molar refractivity (Wildman–Crippen MR) is 72.9 cm³/mol. The molecule has 110 valence electrons. The molecule has 1 aliphatic heterocycles. The van der Waals surface area contributed by atoms with Crippen molar-refractivity contribution in [2.45, 2.75) is 24.5 Å². The molecule has 0 aromatic heterocycles. The Morgan fingerprint density at radius 1 is 1.58 bits per heavy atom. The number of rotatable bonds is 7. The number of carbonyl (C=O) groups is 2. The molecule has 2 atom stereocenters. The second-order valence-electron chi connectivity index (χ2n) is 4.59. The molecule has 8 heteroatoms. The molecule has 0 aromatic rings. The summed E-state index contributed by atoms with van der Waals surface area (Å²) < 4.78 is 5.09. The van der Waals surface area contributed by atoms with Crippen LogP contribution in [-0.4, -0.2) is 60.5 Å². The molecule has 3 amide bonds. The summed E-state index contributed by atoms with van der Waals surface area (Å²) in [4.78, 5) is 22.8. The largest absolute Gasteiger partial charge is 0.386 e. The lowest BCUT2D eigenvalue weighted by atomic mass is 10.0. The van der Waals surface area contributed by atoms with Gasteiger partial charge in [-0.2, -0.15) is 11.8 Å². The van der Waals surface area contributed by atoms with Crippen LogP contribution in [0, 0.1) is 0 Å². The van der Waals surface area contributed by atoms with Gasteiger partial charge in [0.15, 0.2) is 0 Å². The van der Waals surface area contributed by atoms with Crippen LogP contribution in [0.15, 0.2) is 0 Å². The number of primary amides is 1. The van der Waals surface area contributed by atoms with Gasteiger partial charge in [0, 0.05) is 19.6 Å². The molecule has 0 spiro atoms.